The SMILES string of the molecule is COc1cccc(-c2ocnc2CNC(C)(C)C)c1. The maximum absolute atomic E-state index is 5.51. The Morgan fingerprint density at radius 3 is 2.79 bits per heavy atom. The highest BCUT2D eigenvalue weighted by molar-refractivity contribution is 5.61. The summed E-state index contributed by atoms with van der Waals surface area (Å²) in [6, 6.07) is 7.79. The van der Waals surface area contributed by atoms with Crippen molar-refractivity contribution in [2.45, 2.75) is 32.9 Å². The van der Waals surface area contributed by atoms with Gasteiger partial charge in [-0.3, -0.25) is 0 Å². The van der Waals surface area contributed by atoms with Crippen LogP contribution in [0.25, 0.3) is 11.3 Å². The number of benzene rings is 1. The molecular weight excluding hydrogens is 240 g/mol. The quantitative estimate of drug-likeness (QED) is 0.916. The summed E-state index contributed by atoms with van der Waals surface area (Å²) >= 11 is 0. The van der Waals surface area contributed by atoms with Crippen LogP contribution >= 0.6 is 0 Å². The average molecular weight is 260 g/mol. The number of methoxy groups -OCH3 is 1. The molecule has 0 saturated heterocycles. The molecule has 0 saturated carbocycles. The Labute approximate surface area is 113 Å². The second-order valence-corrected chi connectivity index (χ2v) is 5.46. The van der Waals surface area contributed by atoms with Crippen molar-refractivity contribution in [1.82, 2.24) is 10.3 Å². The molecule has 4 heteroatoms. The van der Waals surface area contributed by atoms with Crippen LogP contribution in [-0.4, -0.2) is 17.6 Å². The number of oxazole rings is 1. The highest BCUT2D eigenvalue weighted by atomic mass is 16.5. The first-order chi connectivity index (χ1) is 8.99. The van der Waals surface area contributed by atoms with E-state index in [4.69, 9.17) is 9.15 Å². The van der Waals surface area contributed by atoms with E-state index in [0.717, 1.165) is 22.8 Å². The Balaban J connectivity index is 2.23. The Kier molecular flexibility index (Phi) is 3.90. The minimum absolute atomic E-state index is 0.0462. The van der Waals surface area contributed by atoms with E-state index in [1.807, 2.05) is 24.3 Å². The largest absolute Gasteiger partial charge is 0.497 e. The third-order valence-electron chi connectivity index (χ3n) is 2.76. The van der Waals surface area contributed by atoms with Gasteiger partial charge in [0, 0.05) is 17.6 Å². The van der Waals surface area contributed by atoms with Crippen LogP contribution in [-0.2, 0) is 6.54 Å². The molecule has 4 nitrogen and oxygen atoms in total. The van der Waals surface area contributed by atoms with E-state index in [0.29, 0.717) is 6.54 Å². The fraction of sp³-hybridized carbons (Fsp3) is 0.400. The smallest absolute Gasteiger partial charge is 0.181 e. The number of nitrogens with one attached hydrogen (secondary N) is 1. The Morgan fingerprint density at radius 1 is 1.32 bits per heavy atom. The molecule has 1 heterocycles. The molecule has 0 aliphatic rings. The van der Waals surface area contributed by atoms with Gasteiger partial charge in [0.25, 0.3) is 0 Å². The Hall–Kier alpha value is -1.81. The van der Waals surface area contributed by atoms with Crippen molar-refractivity contribution in [3.8, 4) is 17.1 Å². The summed E-state index contributed by atoms with van der Waals surface area (Å²) in [5.41, 5.74) is 1.93. The standard InChI is InChI=1S/C15H20N2O2/c1-15(2,3)17-9-13-14(19-10-16-13)11-6-5-7-12(8-11)18-4/h5-8,10,17H,9H2,1-4H3. The van der Waals surface area contributed by atoms with Crippen molar-refractivity contribution in [2.75, 3.05) is 7.11 Å². The molecule has 1 aromatic carbocycles. The van der Waals surface area contributed by atoms with Gasteiger partial charge in [-0.05, 0) is 32.9 Å². The lowest BCUT2D eigenvalue weighted by molar-refractivity contribution is 0.414. The average Bonchev–Trinajstić information content (AvgIpc) is 2.84. The molecule has 2 rings (SSSR count). The van der Waals surface area contributed by atoms with Gasteiger partial charge in [-0.1, -0.05) is 12.1 Å². The molecule has 0 aliphatic carbocycles. The van der Waals surface area contributed by atoms with E-state index in [1.54, 1.807) is 7.11 Å². The summed E-state index contributed by atoms with van der Waals surface area (Å²) in [4.78, 5) is 4.28. The highest BCUT2D eigenvalue weighted by Crippen LogP contribution is 2.26. The zero-order valence-electron chi connectivity index (χ0n) is 11.9. The Morgan fingerprint density at radius 2 is 2.11 bits per heavy atom. The van der Waals surface area contributed by atoms with Gasteiger partial charge >= 0.3 is 0 Å². The van der Waals surface area contributed by atoms with Crippen LogP contribution in [0.2, 0.25) is 0 Å². The van der Waals surface area contributed by atoms with Crippen molar-refractivity contribution in [3.63, 3.8) is 0 Å². The fourth-order valence-corrected chi connectivity index (χ4v) is 1.74. The van der Waals surface area contributed by atoms with Gasteiger partial charge in [0.2, 0.25) is 0 Å². The molecule has 0 bridgehead atoms. The zero-order valence-corrected chi connectivity index (χ0v) is 11.9. The molecule has 0 amide bonds. The van der Waals surface area contributed by atoms with Gasteiger partial charge in [-0.2, -0.15) is 0 Å². The molecule has 0 unspecified atom stereocenters. The lowest BCUT2D eigenvalue weighted by Gasteiger charge is -2.19. The third-order valence-corrected chi connectivity index (χ3v) is 2.76. The van der Waals surface area contributed by atoms with E-state index in [9.17, 15) is 0 Å². The van der Waals surface area contributed by atoms with Crippen LogP contribution in [0.15, 0.2) is 35.1 Å². The zero-order chi connectivity index (χ0) is 13.9. The maximum Gasteiger partial charge on any atom is 0.181 e. The fourth-order valence-electron chi connectivity index (χ4n) is 1.74. The summed E-state index contributed by atoms with van der Waals surface area (Å²) < 4.78 is 10.7. The summed E-state index contributed by atoms with van der Waals surface area (Å²) in [7, 11) is 1.65. The van der Waals surface area contributed by atoms with Crippen LogP contribution in [0, 0.1) is 0 Å². The minimum atomic E-state index is 0.0462. The van der Waals surface area contributed by atoms with E-state index in [1.165, 1.54) is 6.39 Å². The number of hydrogen-bond donors (Lipinski definition) is 1. The van der Waals surface area contributed by atoms with Gasteiger partial charge < -0.3 is 14.5 Å². The molecule has 0 atom stereocenters. The van der Waals surface area contributed by atoms with E-state index in [-0.39, 0.29) is 5.54 Å². The molecule has 19 heavy (non-hydrogen) atoms. The van der Waals surface area contributed by atoms with Crippen LogP contribution in [0.1, 0.15) is 26.5 Å². The lowest BCUT2D eigenvalue weighted by Crippen LogP contribution is -2.35. The molecule has 0 radical (unpaired) electrons. The van der Waals surface area contributed by atoms with Crippen molar-refractivity contribution >= 4 is 0 Å². The van der Waals surface area contributed by atoms with Crippen molar-refractivity contribution in [3.05, 3.63) is 36.4 Å². The molecule has 1 N–H and O–H groups in total. The predicted octanol–water partition coefficient (Wildman–Crippen LogP) is 3.24. The third kappa shape index (κ3) is 3.58. The lowest BCUT2D eigenvalue weighted by atomic mass is 10.1. The predicted molar refractivity (Wildman–Crippen MR) is 75.1 cm³/mol. The van der Waals surface area contributed by atoms with Crippen LogP contribution in [0.3, 0.4) is 0 Å². The van der Waals surface area contributed by atoms with Gasteiger partial charge in [0.15, 0.2) is 12.2 Å². The van der Waals surface area contributed by atoms with Gasteiger partial charge in [0.1, 0.15) is 11.4 Å². The molecular formula is C15H20N2O2. The number of ether oxygens (including phenoxy) is 1. The van der Waals surface area contributed by atoms with E-state index in [2.05, 4.69) is 31.1 Å². The monoisotopic (exact) mass is 260 g/mol. The number of aromatic nitrogens is 1. The van der Waals surface area contributed by atoms with E-state index >= 15 is 0 Å². The van der Waals surface area contributed by atoms with Gasteiger partial charge in [-0.25, -0.2) is 4.98 Å². The van der Waals surface area contributed by atoms with Crippen molar-refractivity contribution in [2.24, 2.45) is 0 Å². The topological polar surface area (TPSA) is 47.3 Å². The second-order valence-electron chi connectivity index (χ2n) is 5.46. The molecule has 1 aromatic heterocycles. The van der Waals surface area contributed by atoms with Gasteiger partial charge in [-0.15, -0.1) is 0 Å². The van der Waals surface area contributed by atoms with E-state index < -0.39 is 0 Å². The summed E-state index contributed by atoms with van der Waals surface area (Å²) in [6.07, 6.45) is 1.48. The molecule has 0 spiro atoms. The minimum Gasteiger partial charge on any atom is -0.497 e. The second kappa shape index (κ2) is 5.45. The molecule has 102 valence electrons. The first-order valence-electron chi connectivity index (χ1n) is 6.31. The molecule has 0 aliphatic heterocycles. The van der Waals surface area contributed by atoms with Crippen LogP contribution in [0.4, 0.5) is 0 Å². The van der Waals surface area contributed by atoms with Crippen molar-refractivity contribution < 1.29 is 9.15 Å². The first kappa shape index (κ1) is 13.6. The normalized spacial score (nSPS) is 11.6. The Bertz CT molecular complexity index is 541. The number of nitrogens with zero attached hydrogens (tertiary/aromatic N) is 1. The van der Waals surface area contributed by atoms with Gasteiger partial charge in [0.05, 0.1) is 7.11 Å². The molecule has 2 aromatic rings. The van der Waals surface area contributed by atoms with Crippen LogP contribution in [0.5, 0.6) is 5.75 Å². The summed E-state index contributed by atoms with van der Waals surface area (Å²) in [6.45, 7) is 7.04. The number of hydrogen-bond acceptors (Lipinski definition) is 4. The highest BCUT2D eigenvalue weighted by Gasteiger charge is 2.15. The molecule has 0 fully saturated rings. The van der Waals surface area contributed by atoms with Crippen LogP contribution < -0.4 is 10.1 Å². The number of rotatable bonds is 4. The van der Waals surface area contributed by atoms with Crippen molar-refractivity contribution in [1.29, 1.82) is 0 Å². The summed E-state index contributed by atoms with van der Waals surface area (Å²) in [5, 5.41) is 3.41. The summed E-state index contributed by atoms with van der Waals surface area (Å²) in [5.74, 6) is 1.60. The maximum atomic E-state index is 5.51. The first-order valence-corrected chi connectivity index (χ1v) is 6.31.